The number of para-hydroxylation sites is 1. The molecule has 1 atom stereocenters. The molecule has 0 amide bonds. The second-order valence-corrected chi connectivity index (χ2v) is 5.28. The van der Waals surface area contributed by atoms with Crippen molar-refractivity contribution in [2.24, 2.45) is 0 Å². The number of benzene rings is 1. The fraction of sp³-hybridized carbons (Fsp3) is 0.300. The zero-order valence-corrected chi connectivity index (χ0v) is 12.4. The molecule has 92 valence electrons. The van der Waals surface area contributed by atoms with Gasteiger partial charge in [0, 0.05) is 5.56 Å². The monoisotopic (exact) mass is 280 g/mol. The number of ether oxygens (including phenoxy) is 1. The fourth-order valence-corrected chi connectivity index (χ4v) is 2.70. The molecule has 0 saturated heterocycles. The van der Waals surface area contributed by atoms with Crippen LogP contribution in [0.2, 0.25) is 0 Å². The van der Waals surface area contributed by atoms with Crippen molar-refractivity contribution in [3.8, 4) is 5.75 Å². The largest absolute Gasteiger partial charge is 1.00 e. The molecule has 6 nitrogen and oxygen atoms in total. The van der Waals surface area contributed by atoms with E-state index in [1.165, 1.54) is 12.1 Å². The van der Waals surface area contributed by atoms with Crippen LogP contribution in [0.4, 0.5) is 0 Å². The third-order valence-corrected chi connectivity index (χ3v) is 3.30. The molecule has 8 heteroatoms. The normalized spacial score (nSPS) is 22.7. The van der Waals surface area contributed by atoms with E-state index in [0.717, 1.165) is 0 Å². The van der Waals surface area contributed by atoms with Crippen LogP contribution in [0.25, 0.3) is 0 Å². The Morgan fingerprint density at radius 3 is 2.61 bits per heavy atom. The first-order chi connectivity index (χ1) is 7.80. The second kappa shape index (κ2) is 5.28. The van der Waals surface area contributed by atoms with Crippen molar-refractivity contribution in [1.29, 1.82) is 0 Å². The number of carbonyl (C=O) groups is 1. The van der Waals surface area contributed by atoms with Crippen molar-refractivity contribution in [2.45, 2.75) is 12.0 Å². The van der Waals surface area contributed by atoms with Crippen LogP contribution in [0.15, 0.2) is 24.3 Å². The Morgan fingerprint density at radius 1 is 1.39 bits per heavy atom. The van der Waals surface area contributed by atoms with Crippen LogP contribution in [-0.4, -0.2) is 29.8 Å². The van der Waals surface area contributed by atoms with E-state index < -0.39 is 33.9 Å². The number of hydrogen-bond acceptors (Lipinski definition) is 6. The first-order valence-electron chi connectivity index (χ1n) is 4.76. The van der Waals surface area contributed by atoms with Crippen molar-refractivity contribution in [3.63, 3.8) is 0 Å². The Labute approximate surface area is 126 Å². The van der Waals surface area contributed by atoms with E-state index in [1.54, 1.807) is 12.1 Å². The van der Waals surface area contributed by atoms with Gasteiger partial charge in [-0.1, -0.05) is 18.2 Å². The molecule has 1 aliphatic rings. The molecule has 1 aromatic carbocycles. The van der Waals surface area contributed by atoms with Crippen LogP contribution in [-0.2, 0) is 20.5 Å². The SMILES string of the molecule is O=C1CC(O)(CS(=O)(=O)[O-])c2ccccc2O1.[Na+]. The summed E-state index contributed by atoms with van der Waals surface area (Å²) in [6, 6.07) is 5.98. The standard InChI is InChI=1S/C10H10O6S.Na/c11-9-5-10(12,6-17(13,14)15)7-3-1-2-4-8(7)16-9;/h1-4,12H,5-6H2,(H,13,14,15);/q;+1/p-1. The number of carbonyl (C=O) groups excluding carboxylic acids is 1. The molecule has 0 radical (unpaired) electrons. The summed E-state index contributed by atoms with van der Waals surface area (Å²) < 4.78 is 37.1. The molecule has 1 heterocycles. The molecule has 0 aliphatic carbocycles. The quantitative estimate of drug-likeness (QED) is 0.264. The van der Waals surface area contributed by atoms with E-state index in [1.807, 2.05) is 0 Å². The Balaban J connectivity index is 0.00000162. The predicted octanol–water partition coefficient (Wildman–Crippen LogP) is -3.27. The summed E-state index contributed by atoms with van der Waals surface area (Å²) in [6.07, 6.45) is -0.550. The summed E-state index contributed by atoms with van der Waals surface area (Å²) in [5, 5.41) is 10.1. The van der Waals surface area contributed by atoms with E-state index in [2.05, 4.69) is 0 Å². The van der Waals surface area contributed by atoms with Gasteiger partial charge in [0.05, 0.1) is 22.3 Å². The molecule has 1 N–H and O–H groups in total. The Bertz CT molecular complexity index is 569. The Hall–Kier alpha value is -0.440. The summed E-state index contributed by atoms with van der Waals surface area (Å²) in [6.45, 7) is 0. The fourth-order valence-electron chi connectivity index (χ4n) is 1.85. The molecule has 0 fully saturated rings. The van der Waals surface area contributed by atoms with Gasteiger partial charge in [0.25, 0.3) is 0 Å². The van der Waals surface area contributed by atoms with Gasteiger partial charge < -0.3 is 14.4 Å². The minimum atomic E-state index is -4.66. The second-order valence-electron chi connectivity index (χ2n) is 3.88. The van der Waals surface area contributed by atoms with Gasteiger partial charge in [-0.3, -0.25) is 4.79 Å². The van der Waals surface area contributed by atoms with E-state index in [0.29, 0.717) is 0 Å². The van der Waals surface area contributed by atoms with Crippen molar-refractivity contribution in [1.82, 2.24) is 0 Å². The van der Waals surface area contributed by atoms with Crippen LogP contribution in [0.1, 0.15) is 12.0 Å². The maximum absolute atomic E-state index is 11.2. The van der Waals surface area contributed by atoms with Gasteiger partial charge in [0.2, 0.25) is 0 Å². The Kier molecular flexibility index (Phi) is 4.58. The molecule has 18 heavy (non-hydrogen) atoms. The summed E-state index contributed by atoms with van der Waals surface area (Å²) in [4.78, 5) is 11.2. The van der Waals surface area contributed by atoms with Crippen LogP contribution < -0.4 is 34.3 Å². The van der Waals surface area contributed by atoms with Crippen LogP contribution in [0.5, 0.6) is 5.75 Å². The van der Waals surface area contributed by atoms with Gasteiger partial charge in [-0.15, -0.1) is 0 Å². The van der Waals surface area contributed by atoms with Gasteiger partial charge in [0.15, 0.2) is 0 Å². The number of fused-ring (bicyclic) bond motifs is 1. The molecule has 0 saturated carbocycles. The van der Waals surface area contributed by atoms with Gasteiger partial charge in [-0.25, -0.2) is 8.42 Å². The first-order valence-corrected chi connectivity index (χ1v) is 6.34. The van der Waals surface area contributed by atoms with Crippen molar-refractivity contribution in [2.75, 3.05) is 5.75 Å². The third kappa shape index (κ3) is 3.31. The van der Waals surface area contributed by atoms with Gasteiger partial charge in [-0.2, -0.15) is 0 Å². The predicted molar refractivity (Wildman–Crippen MR) is 55.2 cm³/mol. The molecule has 0 aromatic heterocycles. The molecule has 0 spiro atoms. The smallest absolute Gasteiger partial charge is 0.748 e. The zero-order valence-electron chi connectivity index (χ0n) is 9.62. The number of aliphatic hydroxyl groups is 1. The number of hydrogen-bond donors (Lipinski definition) is 1. The van der Waals surface area contributed by atoms with Crippen molar-refractivity contribution < 1.29 is 57.2 Å². The number of esters is 1. The Morgan fingerprint density at radius 2 is 2.00 bits per heavy atom. The average Bonchev–Trinajstić information content (AvgIpc) is 2.13. The van der Waals surface area contributed by atoms with Crippen LogP contribution >= 0.6 is 0 Å². The van der Waals surface area contributed by atoms with E-state index in [9.17, 15) is 22.9 Å². The zero-order chi connectivity index (χ0) is 12.7. The molecular weight excluding hydrogens is 271 g/mol. The van der Waals surface area contributed by atoms with Crippen LogP contribution in [0, 0.1) is 0 Å². The molecule has 1 aliphatic heterocycles. The maximum atomic E-state index is 11.2. The van der Waals surface area contributed by atoms with E-state index >= 15 is 0 Å². The van der Waals surface area contributed by atoms with E-state index in [4.69, 9.17) is 4.74 Å². The average molecular weight is 280 g/mol. The molecule has 2 rings (SSSR count). The molecule has 1 unspecified atom stereocenters. The maximum Gasteiger partial charge on any atom is 1.00 e. The third-order valence-electron chi connectivity index (χ3n) is 2.46. The first kappa shape index (κ1) is 15.6. The summed E-state index contributed by atoms with van der Waals surface area (Å²) in [5.74, 6) is -1.74. The summed E-state index contributed by atoms with van der Waals surface area (Å²) >= 11 is 0. The minimum absolute atomic E-state index is 0. The van der Waals surface area contributed by atoms with E-state index in [-0.39, 0.29) is 40.9 Å². The molecular formula is C10H9NaO6S. The number of rotatable bonds is 2. The van der Waals surface area contributed by atoms with Gasteiger partial charge in [0.1, 0.15) is 11.4 Å². The molecule has 1 aromatic rings. The van der Waals surface area contributed by atoms with Crippen molar-refractivity contribution >= 4 is 16.1 Å². The van der Waals surface area contributed by atoms with Crippen LogP contribution in [0.3, 0.4) is 0 Å². The topological polar surface area (TPSA) is 104 Å². The minimum Gasteiger partial charge on any atom is -0.748 e. The summed E-state index contributed by atoms with van der Waals surface area (Å²) in [5.41, 5.74) is -1.87. The molecule has 0 bridgehead atoms. The van der Waals surface area contributed by atoms with Gasteiger partial charge >= 0.3 is 35.5 Å². The van der Waals surface area contributed by atoms with Crippen molar-refractivity contribution in [3.05, 3.63) is 29.8 Å². The summed E-state index contributed by atoms with van der Waals surface area (Å²) in [7, 11) is -4.66. The van der Waals surface area contributed by atoms with Gasteiger partial charge in [-0.05, 0) is 6.07 Å².